The molecule has 1 amide bonds. The molecule has 0 radical (unpaired) electrons. The third-order valence-corrected chi connectivity index (χ3v) is 3.89. The van der Waals surface area contributed by atoms with Gasteiger partial charge in [-0.05, 0) is 49.3 Å². The zero-order chi connectivity index (χ0) is 14.5. The van der Waals surface area contributed by atoms with E-state index in [4.69, 9.17) is 4.42 Å². The number of carbonyl (C=O) groups is 1. The fourth-order valence-electron chi connectivity index (χ4n) is 2.71. The van der Waals surface area contributed by atoms with Crippen LogP contribution in [0.4, 0.5) is 0 Å². The molecule has 0 unspecified atom stereocenters. The van der Waals surface area contributed by atoms with Gasteiger partial charge in [-0.25, -0.2) is 5.43 Å². The van der Waals surface area contributed by atoms with Crippen molar-refractivity contribution in [3.05, 3.63) is 60.1 Å². The minimum absolute atomic E-state index is 0.289. The number of amides is 1. The molecule has 3 rings (SSSR count). The van der Waals surface area contributed by atoms with Gasteiger partial charge < -0.3 is 4.42 Å². The molecule has 0 spiro atoms. The highest BCUT2D eigenvalue weighted by atomic mass is 16.3. The van der Waals surface area contributed by atoms with Crippen molar-refractivity contribution in [3.63, 3.8) is 0 Å². The van der Waals surface area contributed by atoms with Crippen LogP contribution < -0.4 is 5.43 Å². The molecule has 1 aliphatic carbocycles. The SMILES string of the molecule is O=C(NN=C1CCC(c2ccccc2)CC1)c1ccco1. The van der Waals surface area contributed by atoms with E-state index in [0.29, 0.717) is 5.92 Å². The molecule has 0 saturated heterocycles. The first-order chi connectivity index (χ1) is 10.3. The Balaban J connectivity index is 1.54. The first-order valence-electron chi connectivity index (χ1n) is 7.27. The first kappa shape index (κ1) is 13.6. The lowest BCUT2D eigenvalue weighted by atomic mass is 9.83. The van der Waals surface area contributed by atoms with Crippen LogP contribution in [0.5, 0.6) is 0 Å². The van der Waals surface area contributed by atoms with E-state index in [2.05, 4.69) is 34.8 Å². The third-order valence-electron chi connectivity index (χ3n) is 3.89. The molecule has 1 heterocycles. The highest BCUT2D eigenvalue weighted by molar-refractivity contribution is 5.93. The van der Waals surface area contributed by atoms with Crippen LogP contribution in [0.1, 0.15) is 47.7 Å². The van der Waals surface area contributed by atoms with Crippen LogP contribution in [0.2, 0.25) is 0 Å². The van der Waals surface area contributed by atoms with Crippen LogP contribution in [0, 0.1) is 0 Å². The Morgan fingerprint density at radius 2 is 1.86 bits per heavy atom. The molecular formula is C17H18N2O2. The molecule has 1 aliphatic rings. The number of benzene rings is 1. The monoisotopic (exact) mass is 282 g/mol. The van der Waals surface area contributed by atoms with Crippen molar-refractivity contribution in [2.45, 2.75) is 31.6 Å². The van der Waals surface area contributed by atoms with Gasteiger partial charge in [-0.3, -0.25) is 4.79 Å². The third kappa shape index (κ3) is 3.40. The second kappa shape index (κ2) is 6.39. The van der Waals surface area contributed by atoms with Crippen LogP contribution in [0.25, 0.3) is 0 Å². The summed E-state index contributed by atoms with van der Waals surface area (Å²) in [6.45, 7) is 0. The van der Waals surface area contributed by atoms with Gasteiger partial charge in [0.15, 0.2) is 5.76 Å². The zero-order valence-electron chi connectivity index (χ0n) is 11.8. The van der Waals surface area contributed by atoms with E-state index in [0.717, 1.165) is 31.4 Å². The normalized spacial score (nSPS) is 18.3. The molecule has 1 aromatic carbocycles. The minimum Gasteiger partial charge on any atom is -0.459 e. The number of hydrazone groups is 1. The summed E-state index contributed by atoms with van der Waals surface area (Å²) in [4.78, 5) is 11.7. The molecule has 1 N–H and O–H groups in total. The molecule has 4 heteroatoms. The smallest absolute Gasteiger partial charge is 0.307 e. The van der Waals surface area contributed by atoms with Gasteiger partial charge in [-0.1, -0.05) is 30.3 Å². The fourth-order valence-corrected chi connectivity index (χ4v) is 2.71. The fraction of sp³-hybridized carbons (Fsp3) is 0.294. The summed E-state index contributed by atoms with van der Waals surface area (Å²) >= 11 is 0. The highest BCUT2D eigenvalue weighted by Gasteiger charge is 2.19. The van der Waals surface area contributed by atoms with Crippen LogP contribution in [0.15, 0.2) is 58.2 Å². The number of furan rings is 1. The minimum atomic E-state index is -0.294. The van der Waals surface area contributed by atoms with Crippen molar-refractivity contribution in [2.24, 2.45) is 5.10 Å². The summed E-state index contributed by atoms with van der Waals surface area (Å²) in [7, 11) is 0. The second-order valence-corrected chi connectivity index (χ2v) is 5.28. The molecule has 108 valence electrons. The van der Waals surface area contributed by atoms with Gasteiger partial charge in [-0.2, -0.15) is 5.10 Å². The van der Waals surface area contributed by atoms with Crippen molar-refractivity contribution in [1.29, 1.82) is 0 Å². The summed E-state index contributed by atoms with van der Waals surface area (Å²) in [5.74, 6) is 0.598. The van der Waals surface area contributed by atoms with E-state index in [1.165, 1.54) is 11.8 Å². The Bertz CT molecular complexity index is 608. The Morgan fingerprint density at radius 1 is 1.10 bits per heavy atom. The zero-order valence-corrected chi connectivity index (χ0v) is 11.8. The number of hydrogen-bond donors (Lipinski definition) is 1. The van der Waals surface area contributed by atoms with Gasteiger partial charge in [0.1, 0.15) is 0 Å². The van der Waals surface area contributed by atoms with Crippen LogP contribution >= 0.6 is 0 Å². The topological polar surface area (TPSA) is 54.6 Å². The van der Waals surface area contributed by atoms with Gasteiger partial charge in [-0.15, -0.1) is 0 Å². The summed E-state index contributed by atoms with van der Waals surface area (Å²) in [5.41, 5.74) is 5.02. The second-order valence-electron chi connectivity index (χ2n) is 5.28. The van der Waals surface area contributed by atoms with Gasteiger partial charge in [0.05, 0.1) is 6.26 Å². The van der Waals surface area contributed by atoms with Gasteiger partial charge in [0.2, 0.25) is 0 Å². The Kier molecular flexibility index (Phi) is 4.15. The molecular weight excluding hydrogens is 264 g/mol. The summed E-state index contributed by atoms with van der Waals surface area (Å²) in [6, 6.07) is 13.9. The largest absolute Gasteiger partial charge is 0.459 e. The number of hydrogen-bond acceptors (Lipinski definition) is 3. The summed E-state index contributed by atoms with van der Waals surface area (Å²) < 4.78 is 5.03. The van der Waals surface area contributed by atoms with E-state index in [1.807, 2.05) is 6.07 Å². The lowest BCUT2D eigenvalue weighted by Gasteiger charge is -2.23. The standard InChI is InChI=1S/C17H18N2O2/c20-17(16-7-4-12-21-16)19-18-15-10-8-14(9-11-15)13-5-2-1-3-6-13/h1-7,12,14H,8-11H2,(H,19,20). The average molecular weight is 282 g/mol. The van der Waals surface area contributed by atoms with Crippen molar-refractivity contribution in [1.82, 2.24) is 5.43 Å². The maximum Gasteiger partial charge on any atom is 0.307 e. The van der Waals surface area contributed by atoms with Gasteiger partial charge in [0, 0.05) is 5.71 Å². The van der Waals surface area contributed by atoms with E-state index in [9.17, 15) is 4.79 Å². The van der Waals surface area contributed by atoms with E-state index in [-0.39, 0.29) is 11.7 Å². The number of carbonyl (C=O) groups excluding carboxylic acids is 1. The molecule has 0 atom stereocenters. The number of nitrogens with zero attached hydrogens (tertiary/aromatic N) is 1. The molecule has 0 bridgehead atoms. The lowest BCUT2D eigenvalue weighted by Crippen LogP contribution is -2.21. The van der Waals surface area contributed by atoms with E-state index in [1.54, 1.807) is 12.1 Å². The molecule has 1 fully saturated rings. The molecule has 4 nitrogen and oxygen atoms in total. The van der Waals surface area contributed by atoms with Gasteiger partial charge in [0.25, 0.3) is 0 Å². The van der Waals surface area contributed by atoms with Crippen molar-refractivity contribution >= 4 is 11.6 Å². The van der Waals surface area contributed by atoms with E-state index >= 15 is 0 Å². The average Bonchev–Trinajstić information content (AvgIpc) is 3.08. The molecule has 1 saturated carbocycles. The first-order valence-corrected chi connectivity index (χ1v) is 7.27. The molecule has 0 aliphatic heterocycles. The van der Waals surface area contributed by atoms with Crippen LogP contribution in [-0.4, -0.2) is 11.6 Å². The summed E-state index contributed by atoms with van der Waals surface area (Å²) in [6.07, 6.45) is 5.50. The maximum atomic E-state index is 11.7. The van der Waals surface area contributed by atoms with Gasteiger partial charge >= 0.3 is 5.91 Å². The quantitative estimate of drug-likeness (QED) is 0.872. The Hall–Kier alpha value is -2.36. The predicted octanol–water partition coefficient (Wildman–Crippen LogP) is 3.72. The van der Waals surface area contributed by atoms with Crippen molar-refractivity contribution in [2.75, 3.05) is 0 Å². The predicted molar refractivity (Wildman–Crippen MR) is 81.3 cm³/mol. The van der Waals surface area contributed by atoms with Crippen molar-refractivity contribution < 1.29 is 9.21 Å². The van der Waals surface area contributed by atoms with Crippen LogP contribution in [-0.2, 0) is 0 Å². The molecule has 2 aromatic rings. The maximum absolute atomic E-state index is 11.7. The van der Waals surface area contributed by atoms with E-state index < -0.39 is 0 Å². The van der Waals surface area contributed by atoms with Crippen molar-refractivity contribution in [3.8, 4) is 0 Å². The molecule has 1 aromatic heterocycles. The number of rotatable bonds is 3. The lowest BCUT2D eigenvalue weighted by molar-refractivity contribution is 0.0927. The highest BCUT2D eigenvalue weighted by Crippen LogP contribution is 2.31. The Labute approximate surface area is 123 Å². The van der Waals surface area contributed by atoms with Crippen LogP contribution in [0.3, 0.4) is 0 Å². The summed E-state index contributed by atoms with van der Waals surface area (Å²) in [5, 5.41) is 4.22. The number of nitrogens with one attached hydrogen (secondary N) is 1. The molecule has 21 heavy (non-hydrogen) atoms. The Morgan fingerprint density at radius 3 is 2.52 bits per heavy atom.